The van der Waals surface area contributed by atoms with Gasteiger partial charge in [0.15, 0.2) is 0 Å². The standard InChI is InChI=1S/C10H13NO2/c1-11(8-10(12)13)7-9-5-3-2-4-6-9/h2-6H,7-8H2,1H3,(H,12,13). The molecule has 0 amide bonds. The van der Waals surface area contributed by atoms with Crippen LogP contribution in [0.2, 0.25) is 0 Å². The monoisotopic (exact) mass is 179 g/mol. The van der Waals surface area contributed by atoms with Gasteiger partial charge in [0.05, 0.1) is 13.0 Å². The number of carboxylic acids is 1. The lowest BCUT2D eigenvalue weighted by Crippen LogP contribution is -3.09. The Morgan fingerprint density at radius 2 is 2.00 bits per heavy atom. The zero-order valence-corrected chi connectivity index (χ0v) is 7.62. The van der Waals surface area contributed by atoms with E-state index in [1.54, 1.807) is 0 Å². The smallest absolute Gasteiger partial charge is 0.117 e. The quantitative estimate of drug-likeness (QED) is 0.608. The van der Waals surface area contributed by atoms with Crippen LogP contribution in [0.1, 0.15) is 5.56 Å². The summed E-state index contributed by atoms with van der Waals surface area (Å²) in [6.07, 6.45) is 0. The van der Waals surface area contributed by atoms with Crippen LogP contribution in [0.4, 0.5) is 0 Å². The van der Waals surface area contributed by atoms with Crippen LogP contribution in [0.15, 0.2) is 30.3 Å². The van der Waals surface area contributed by atoms with Crippen molar-refractivity contribution in [2.75, 3.05) is 13.6 Å². The number of rotatable bonds is 4. The Hall–Kier alpha value is -1.35. The highest BCUT2D eigenvalue weighted by Gasteiger charge is 2.02. The highest BCUT2D eigenvalue weighted by molar-refractivity contribution is 5.65. The zero-order valence-electron chi connectivity index (χ0n) is 7.62. The molecule has 0 saturated heterocycles. The summed E-state index contributed by atoms with van der Waals surface area (Å²) in [6, 6.07) is 9.80. The van der Waals surface area contributed by atoms with Crippen LogP contribution in [-0.4, -0.2) is 19.6 Å². The topological polar surface area (TPSA) is 44.6 Å². The van der Waals surface area contributed by atoms with E-state index in [1.807, 2.05) is 37.4 Å². The molecule has 13 heavy (non-hydrogen) atoms. The Bertz CT molecular complexity index is 272. The van der Waals surface area contributed by atoms with Gasteiger partial charge in [-0.1, -0.05) is 30.3 Å². The molecule has 1 unspecified atom stereocenters. The molecule has 0 spiro atoms. The number of nitrogens with one attached hydrogen (secondary N) is 1. The summed E-state index contributed by atoms with van der Waals surface area (Å²) in [7, 11) is 1.84. The molecule has 0 aromatic heterocycles. The van der Waals surface area contributed by atoms with Crippen LogP contribution < -0.4 is 10.0 Å². The number of carbonyl (C=O) groups is 1. The molecule has 0 aliphatic heterocycles. The maximum Gasteiger partial charge on any atom is 0.117 e. The van der Waals surface area contributed by atoms with Crippen LogP contribution in [0, 0.1) is 0 Å². The van der Waals surface area contributed by atoms with E-state index in [2.05, 4.69) is 0 Å². The van der Waals surface area contributed by atoms with Crippen molar-refractivity contribution < 1.29 is 14.8 Å². The van der Waals surface area contributed by atoms with E-state index < -0.39 is 5.97 Å². The van der Waals surface area contributed by atoms with E-state index in [4.69, 9.17) is 0 Å². The van der Waals surface area contributed by atoms with Gasteiger partial charge in [-0.05, 0) is 0 Å². The van der Waals surface area contributed by atoms with Gasteiger partial charge in [-0.15, -0.1) is 0 Å². The van der Waals surface area contributed by atoms with Crippen molar-refractivity contribution in [2.45, 2.75) is 6.54 Å². The number of carbonyl (C=O) groups excluding carboxylic acids is 1. The highest BCUT2D eigenvalue weighted by Crippen LogP contribution is 1.94. The van der Waals surface area contributed by atoms with Gasteiger partial charge in [0.1, 0.15) is 13.1 Å². The van der Waals surface area contributed by atoms with Crippen LogP contribution in [0.25, 0.3) is 0 Å². The van der Waals surface area contributed by atoms with E-state index in [0.29, 0.717) is 0 Å². The lowest BCUT2D eigenvalue weighted by atomic mass is 10.2. The van der Waals surface area contributed by atoms with E-state index in [-0.39, 0.29) is 6.54 Å². The Kier molecular flexibility index (Phi) is 3.46. The van der Waals surface area contributed by atoms with Crippen molar-refractivity contribution in [1.82, 2.24) is 0 Å². The molecule has 1 aromatic rings. The number of quaternary nitrogens is 1. The Morgan fingerprint density at radius 3 is 2.54 bits per heavy atom. The first-order chi connectivity index (χ1) is 6.18. The largest absolute Gasteiger partial charge is 0.544 e. The second kappa shape index (κ2) is 4.62. The minimum absolute atomic E-state index is 0.0505. The zero-order chi connectivity index (χ0) is 9.68. The lowest BCUT2D eigenvalue weighted by Gasteiger charge is -2.13. The van der Waals surface area contributed by atoms with Gasteiger partial charge in [0, 0.05) is 5.56 Å². The van der Waals surface area contributed by atoms with Crippen LogP contribution >= 0.6 is 0 Å². The SMILES string of the molecule is C[NH+](CC(=O)[O-])Cc1ccccc1. The van der Waals surface area contributed by atoms with Crippen molar-refractivity contribution >= 4 is 5.97 Å². The predicted octanol–water partition coefficient (Wildman–Crippen LogP) is -1.55. The molecule has 0 saturated carbocycles. The second-order valence-electron chi connectivity index (χ2n) is 3.17. The molecule has 0 heterocycles. The average molecular weight is 179 g/mol. The summed E-state index contributed by atoms with van der Waals surface area (Å²) in [6.45, 7) is 0.768. The number of aliphatic carboxylic acids is 1. The highest BCUT2D eigenvalue weighted by atomic mass is 16.4. The third-order valence-corrected chi connectivity index (χ3v) is 1.79. The van der Waals surface area contributed by atoms with E-state index in [0.717, 1.165) is 17.0 Å². The van der Waals surface area contributed by atoms with Gasteiger partial charge in [0.2, 0.25) is 0 Å². The summed E-state index contributed by atoms with van der Waals surface area (Å²) in [4.78, 5) is 11.2. The summed E-state index contributed by atoms with van der Waals surface area (Å²) < 4.78 is 0. The Labute approximate surface area is 77.6 Å². The van der Waals surface area contributed by atoms with E-state index in [1.165, 1.54) is 0 Å². The van der Waals surface area contributed by atoms with Gasteiger partial charge < -0.3 is 14.8 Å². The fraction of sp³-hybridized carbons (Fsp3) is 0.300. The molecule has 70 valence electrons. The molecule has 0 radical (unpaired) electrons. The van der Waals surface area contributed by atoms with Crippen LogP contribution in [-0.2, 0) is 11.3 Å². The second-order valence-corrected chi connectivity index (χ2v) is 3.17. The van der Waals surface area contributed by atoms with Gasteiger partial charge >= 0.3 is 0 Å². The average Bonchev–Trinajstić information content (AvgIpc) is 2.04. The van der Waals surface area contributed by atoms with E-state index in [9.17, 15) is 9.90 Å². The molecule has 1 N–H and O–H groups in total. The first-order valence-corrected chi connectivity index (χ1v) is 4.23. The number of hydrogen-bond donors (Lipinski definition) is 1. The van der Waals surface area contributed by atoms with Crippen molar-refractivity contribution in [3.05, 3.63) is 35.9 Å². The molecule has 0 bridgehead atoms. The summed E-state index contributed by atoms with van der Waals surface area (Å²) in [5.74, 6) is -1.01. The Balaban J connectivity index is 2.45. The van der Waals surface area contributed by atoms with Crippen molar-refractivity contribution in [3.8, 4) is 0 Å². The number of likely N-dealkylation sites (N-methyl/N-ethyl adjacent to an activating group) is 1. The molecule has 1 aromatic carbocycles. The number of carboxylic acid groups (broad SMARTS) is 1. The maximum atomic E-state index is 10.3. The summed E-state index contributed by atoms with van der Waals surface area (Å²) in [5, 5.41) is 10.3. The fourth-order valence-corrected chi connectivity index (χ4v) is 1.25. The van der Waals surface area contributed by atoms with E-state index >= 15 is 0 Å². The number of benzene rings is 1. The van der Waals surface area contributed by atoms with Crippen LogP contribution in [0.5, 0.6) is 0 Å². The molecule has 1 atom stereocenters. The van der Waals surface area contributed by atoms with Gasteiger partial charge in [-0.3, -0.25) is 0 Å². The normalized spacial score (nSPS) is 12.4. The molecule has 0 aliphatic rings. The van der Waals surface area contributed by atoms with Crippen molar-refractivity contribution in [1.29, 1.82) is 0 Å². The molecular formula is C10H13NO2. The minimum Gasteiger partial charge on any atom is -0.544 e. The first kappa shape index (κ1) is 9.74. The maximum absolute atomic E-state index is 10.3. The van der Waals surface area contributed by atoms with Crippen molar-refractivity contribution in [2.24, 2.45) is 0 Å². The molecule has 1 rings (SSSR count). The third-order valence-electron chi connectivity index (χ3n) is 1.79. The molecule has 0 fully saturated rings. The van der Waals surface area contributed by atoms with Crippen molar-refractivity contribution in [3.63, 3.8) is 0 Å². The third kappa shape index (κ3) is 3.71. The Morgan fingerprint density at radius 1 is 1.38 bits per heavy atom. The summed E-state index contributed by atoms with van der Waals surface area (Å²) >= 11 is 0. The van der Waals surface area contributed by atoms with Gasteiger partial charge in [-0.2, -0.15) is 0 Å². The first-order valence-electron chi connectivity index (χ1n) is 4.23. The lowest BCUT2D eigenvalue weighted by molar-refractivity contribution is -0.887. The fourth-order valence-electron chi connectivity index (χ4n) is 1.25. The van der Waals surface area contributed by atoms with Gasteiger partial charge in [-0.25, -0.2) is 0 Å². The molecule has 3 nitrogen and oxygen atoms in total. The molecule has 3 heteroatoms. The predicted molar refractivity (Wildman–Crippen MR) is 46.9 cm³/mol. The minimum atomic E-state index is -1.01. The van der Waals surface area contributed by atoms with Crippen LogP contribution in [0.3, 0.4) is 0 Å². The number of hydrogen-bond acceptors (Lipinski definition) is 2. The molecule has 0 aliphatic carbocycles. The summed E-state index contributed by atoms with van der Waals surface area (Å²) in [5.41, 5.74) is 1.14. The molecular weight excluding hydrogens is 166 g/mol. The van der Waals surface area contributed by atoms with Gasteiger partial charge in [0.25, 0.3) is 0 Å².